The zero-order valence-corrected chi connectivity index (χ0v) is 8.77. The number of halogens is 3. The van der Waals surface area contributed by atoms with Gasteiger partial charge in [0.2, 0.25) is 0 Å². The Balaban J connectivity index is 3.01. The van der Waals surface area contributed by atoms with E-state index in [-0.39, 0.29) is 5.88 Å². The number of aliphatic carboxylic acids is 1. The number of carboxylic acid groups (broad SMARTS) is 1. The number of rotatable bonds is 2. The molecule has 1 aliphatic rings. The molecule has 2 nitrogen and oxygen atoms in total. The van der Waals surface area contributed by atoms with E-state index in [0.29, 0.717) is 5.03 Å². The molecule has 0 aromatic heterocycles. The molecule has 0 saturated heterocycles. The first-order valence-corrected chi connectivity index (χ1v) is 4.83. The SMILES string of the molecule is O=C(O)C1C=CC(Cl)=CC1(Cl)CCl. The Kier molecular flexibility index (Phi) is 3.28. The average molecular weight is 242 g/mol. The number of hydrogen-bond acceptors (Lipinski definition) is 1. The second kappa shape index (κ2) is 3.91. The van der Waals surface area contributed by atoms with Gasteiger partial charge in [-0.2, -0.15) is 0 Å². The monoisotopic (exact) mass is 240 g/mol. The summed E-state index contributed by atoms with van der Waals surface area (Å²) in [4.78, 5) is 9.66. The summed E-state index contributed by atoms with van der Waals surface area (Å²) in [6, 6.07) is 0. The molecule has 0 bridgehead atoms. The van der Waals surface area contributed by atoms with Gasteiger partial charge in [0, 0.05) is 10.9 Å². The predicted octanol–water partition coefficient (Wildman–Crippen LogP) is 2.60. The fraction of sp³-hybridized carbons (Fsp3) is 0.375. The maximum atomic E-state index is 10.8. The van der Waals surface area contributed by atoms with E-state index in [9.17, 15) is 4.79 Å². The van der Waals surface area contributed by atoms with Crippen molar-refractivity contribution in [1.82, 2.24) is 0 Å². The van der Waals surface area contributed by atoms with Gasteiger partial charge >= 0.3 is 5.97 Å². The Hall–Kier alpha value is -0.180. The minimum atomic E-state index is -1.11. The maximum absolute atomic E-state index is 10.8. The highest BCUT2D eigenvalue weighted by Crippen LogP contribution is 2.35. The summed E-state index contributed by atoms with van der Waals surface area (Å²) in [5, 5.41) is 9.23. The first kappa shape index (κ1) is 10.9. The second-order valence-corrected chi connectivity index (χ2v) is 4.17. The Labute approximate surface area is 90.8 Å². The number of allylic oxidation sites excluding steroid dienone is 3. The molecule has 0 spiro atoms. The van der Waals surface area contributed by atoms with Gasteiger partial charge in [0.15, 0.2) is 0 Å². The van der Waals surface area contributed by atoms with Crippen LogP contribution in [-0.2, 0) is 4.79 Å². The highest BCUT2D eigenvalue weighted by Gasteiger charge is 2.39. The van der Waals surface area contributed by atoms with Gasteiger partial charge in [0.05, 0.1) is 10.8 Å². The van der Waals surface area contributed by atoms with Crippen molar-refractivity contribution >= 4 is 40.8 Å². The van der Waals surface area contributed by atoms with E-state index in [0.717, 1.165) is 0 Å². The maximum Gasteiger partial charge on any atom is 0.312 e. The minimum Gasteiger partial charge on any atom is -0.481 e. The molecule has 5 heteroatoms. The van der Waals surface area contributed by atoms with Crippen molar-refractivity contribution in [2.45, 2.75) is 4.87 Å². The lowest BCUT2D eigenvalue weighted by molar-refractivity contribution is -0.140. The van der Waals surface area contributed by atoms with Crippen LogP contribution in [0.3, 0.4) is 0 Å². The largest absolute Gasteiger partial charge is 0.481 e. The fourth-order valence-corrected chi connectivity index (χ4v) is 1.97. The Morgan fingerprint density at radius 2 is 2.31 bits per heavy atom. The van der Waals surface area contributed by atoms with E-state index in [1.165, 1.54) is 18.2 Å². The number of carboxylic acids is 1. The summed E-state index contributed by atoms with van der Waals surface area (Å²) >= 11 is 17.3. The fourth-order valence-electron chi connectivity index (χ4n) is 1.12. The molecule has 2 unspecified atom stereocenters. The predicted molar refractivity (Wildman–Crippen MR) is 53.5 cm³/mol. The van der Waals surface area contributed by atoms with E-state index in [2.05, 4.69) is 0 Å². The molecule has 72 valence electrons. The number of carbonyl (C=O) groups is 1. The summed E-state index contributed by atoms with van der Waals surface area (Å²) in [7, 11) is 0. The molecule has 1 N–H and O–H groups in total. The van der Waals surface area contributed by atoms with Gasteiger partial charge < -0.3 is 5.11 Å². The van der Waals surface area contributed by atoms with E-state index < -0.39 is 16.8 Å². The van der Waals surface area contributed by atoms with Crippen LogP contribution >= 0.6 is 34.8 Å². The molecule has 0 aromatic rings. The lowest BCUT2D eigenvalue weighted by Gasteiger charge is -2.28. The van der Waals surface area contributed by atoms with E-state index in [4.69, 9.17) is 39.9 Å². The molecule has 0 aromatic carbocycles. The van der Waals surface area contributed by atoms with Crippen molar-refractivity contribution in [2.75, 3.05) is 5.88 Å². The molecular weight excluding hydrogens is 234 g/mol. The van der Waals surface area contributed by atoms with Gasteiger partial charge in [-0.1, -0.05) is 17.7 Å². The summed E-state index contributed by atoms with van der Waals surface area (Å²) in [6.45, 7) is 0. The number of alkyl halides is 2. The van der Waals surface area contributed by atoms with Crippen LogP contribution in [0.4, 0.5) is 0 Å². The molecular formula is C8H7Cl3O2. The van der Waals surface area contributed by atoms with Crippen molar-refractivity contribution < 1.29 is 9.90 Å². The van der Waals surface area contributed by atoms with E-state index in [1.54, 1.807) is 0 Å². The molecule has 1 rings (SSSR count). The van der Waals surface area contributed by atoms with Gasteiger partial charge in [0.1, 0.15) is 0 Å². The summed E-state index contributed by atoms with van der Waals surface area (Å²) in [5.74, 6) is -1.83. The number of hydrogen-bond donors (Lipinski definition) is 1. The zero-order valence-electron chi connectivity index (χ0n) is 6.51. The van der Waals surface area contributed by atoms with Gasteiger partial charge in [-0.25, -0.2) is 0 Å². The molecule has 2 atom stereocenters. The molecule has 0 aliphatic heterocycles. The Bertz CT molecular complexity index is 285. The third kappa shape index (κ3) is 2.19. The summed E-state index contributed by atoms with van der Waals surface area (Å²) in [5.41, 5.74) is 0. The molecule has 0 amide bonds. The van der Waals surface area contributed by atoms with E-state index >= 15 is 0 Å². The van der Waals surface area contributed by atoms with Crippen LogP contribution in [-0.4, -0.2) is 21.8 Å². The Morgan fingerprint density at radius 3 is 2.77 bits per heavy atom. The van der Waals surface area contributed by atoms with E-state index in [1.807, 2.05) is 0 Å². The average Bonchev–Trinajstić information content (AvgIpc) is 2.03. The van der Waals surface area contributed by atoms with Crippen LogP contribution in [0.15, 0.2) is 23.3 Å². The topological polar surface area (TPSA) is 37.3 Å². The van der Waals surface area contributed by atoms with Gasteiger partial charge in [-0.05, 0) is 12.2 Å². The molecule has 0 saturated carbocycles. The van der Waals surface area contributed by atoms with Crippen LogP contribution in [0, 0.1) is 5.92 Å². The second-order valence-electron chi connectivity index (χ2n) is 2.76. The molecule has 0 fully saturated rings. The highest BCUT2D eigenvalue weighted by atomic mass is 35.5. The molecule has 0 radical (unpaired) electrons. The van der Waals surface area contributed by atoms with Crippen molar-refractivity contribution in [3.63, 3.8) is 0 Å². The van der Waals surface area contributed by atoms with Crippen LogP contribution in [0.1, 0.15) is 0 Å². The lowest BCUT2D eigenvalue weighted by Crippen LogP contribution is -2.37. The van der Waals surface area contributed by atoms with Crippen molar-refractivity contribution in [3.8, 4) is 0 Å². The van der Waals surface area contributed by atoms with Crippen LogP contribution in [0.25, 0.3) is 0 Å². The third-order valence-corrected chi connectivity index (χ3v) is 3.11. The zero-order chi connectivity index (χ0) is 10.1. The minimum absolute atomic E-state index is 0.00603. The highest BCUT2D eigenvalue weighted by molar-refractivity contribution is 6.36. The summed E-state index contributed by atoms with van der Waals surface area (Å²) < 4.78 is 0. The van der Waals surface area contributed by atoms with Crippen LogP contribution < -0.4 is 0 Å². The molecule has 1 aliphatic carbocycles. The van der Waals surface area contributed by atoms with Crippen molar-refractivity contribution in [2.24, 2.45) is 5.92 Å². The van der Waals surface area contributed by atoms with Gasteiger partial charge in [-0.15, -0.1) is 23.2 Å². The van der Waals surface area contributed by atoms with Gasteiger partial charge in [-0.3, -0.25) is 4.79 Å². The molecule has 0 heterocycles. The van der Waals surface area contributed by atoms with Crippen LogP contribution in [0.5, 0.6) is 0 Å². The van der Waals surface area contributed by atoms with Crippen molar-refractivity contribution in [3.05, 3.63) is 23.3 Å². The third-order valence-electron chi connectivity index (χ3n) is 1.81. The van der Waals surface area contributed by atoms with Crippen LogP contribution in [0.2, 0.25) is 0 Å². The molecule has 13 heavy (non-hydrogen) atoms. The lowest BCUT2D eigenvalue weighted by atomic mass is 9.89. The first-order valence-electron chi connectivity index (χ1n) is 3.54. The summed E-state index contributed by atoms with van der Waals surface area (Å²) in [6.07, 6.45) is 4.41. The smallest absolute Gasteiger partial charge is 0.312 e. The quantitative estimate of drug-likeness (QED) is 0.755. The van der Waals surface area contributed by atoms with Gasteiger partial charge in [0.25, 0.3) is 0 Å². The standard InChI is InChI=1S/C8H7Cl3O2/c9-4-8(11)3-5(10)1-2-6(8)7(12)13/h1-3,6H,4H2,(H,12,13). The van der Waals surface area contributed by atoms with Crippen molar-refractivity contribution in [1.29, 1.82) is 0 Å². The normalized spacial score (nSPS) is 32.8. The first-order chi connectivity index (χ1) is 5.99. The Morgan fingerprint density at radius 1 is 1.69 bits per heavy atom.